The van der Waals surface area contributed by atoms with Crippen LogP contribution in [0.3, 0.4) is 0 Å². The molecule has 0 radical (unpaired) electrons. The van der Waals surface area contributed by atoms with Crippen LogP contribution in [0.1, 0.15) is 20.3 Å². The van der Waals surface area contributed by atoms with Gasteiger partial charge >= 0.3 is 6.03 Å². The lowest BCUT2D eigenvalue weighted by atomic mass is 10.3. The molecular formula is C11H16N4O3S. The summed E-state index contributed by atoms with van der Waals surface area (Å²) < 4.78 is 0. The second kappa shape index (κ2) is 7.57. The molecule has 3 amide bonds. The third-order valence-corrected chi connectivity index (χ3v) is 3.12. The molecule has 0 aliphatic rings. The van der Waals surface area contributed by atoms with Crippen LogP contribution < -0.4 is 16.2 Å². The van der Waals surface area contributed by atoms with E-state index in [9.17, 15) is 14.4 Å². The number of thioether (sulfide) groups is 1. The molecule has 3 N–H and O–H groups in total. The summed E-state index contributed by atoms with van der Waals surface area (Å²) in [6.45, 7) is 3.78. The minimum absolute atomic E-state index is 0.000872. The number of nitrogens with zero attached hydrogens (tertiary/aromatic N) is 1. The average molecular weight is 284 g/mol. The van der Waals surface area contributed by atoms with Crippen molar-refractivity contribution in [2.45, 2.75) is 31.5 Å². The van der Waals surface area contributed by atoms with Crippen LogP contribution in [-0.4, -0.2) is 33.7 Å². The van der Waals surface area contributed by atoms with Gasteiger partial charge in [0, 0.05) is 18.3 Å². The molecule has 0 aromatic carbocycles. The van der Waals surface area contributed by atoms with E-state index in [1.807, 2.05) is 13.8 Å². The monoisotopic (exact) mass is 284 g/mol. The quantitative estimate of drug-likeness (QED) is 0.539. The Kier molecular flexibility index (Phi) is 6.07. The van der Waals surface area contributed by atoms with Crippen LogP contribution in [0.25, 0.3) is 0 Å². The van der Waals surface area contributed by atoms with Gasteiger partial charge in [-0.25, -0.2) is 9.78 Å². The van der Waals surface area contributed by atoms with Gasteiger partial charge in [0.2, 0.25) is 5.91 Å². The van der Waals surface area contributed by atoms with E-state index in [1.165, 1.54) is 12.3 Å². The molecule has 0 aliphatic heterocycles. The maximum Gasteiger partial charge on any atom is 0.321 e. The van der Waals surface area contributed by atoms with Crippen LogP contribution in [0.2, 0.25) is 0 Å². The fraction of sp³-hybridized carbons (Fsp3) is 0.455. The van der Waals surface area contributed by atoms with Crippen molar-refractivity contribution >= 4 is 23.7 Å². The Hall–Kier alpha value is -1.83. The van der Waals surface area contributed by atoms with Gasteiger partial charge in [0.15, 0.2) is 5.16 Å². The second-order valence-corrected chi connectivity index (χ2v) is 4.82. The number of nitrogens with one attached hydrogen (secondary N) is 3. The first kappa shape index (κ1) is 15.2. The third-order valence-electron chi connectivity index (χ3n) is 2.23. The Morgan fingerprint density at radius 2 is 2.26 bits per heavy atom. The van der Waals surface area contributed by atoms with Crippen LogP contribution in [0.4, 0.5) is 4.79 Å². The zero-order chi connectivity index (χ0) is 14.3. The van der Waals surface area contributed by atoms with Crippen LogP contribution in [0.15, 0.2) is 22.2 Å². The van der Waals surface area contributed by atoms with Gasteiger partial charge in [-0.05, 0) is 13.3 Å². The molecule has 8 heteroatoms. The van der Waals surface area contributed by atoms with E-state index in [0.717, 1.165) is 18.2 Å². The summed E-state index contributed by atoms with van der Waals surface area (Å²) in [5, 5.41) is 5.15. The zero-order valence-corrected chi connectivity index (χ0v) is 11.5. The molecule has 0 bridgehead atoms. The third kappa shape index (κ3) is 6.05. The number of hydrogen-bond acceptors (Lipinski definition) is 5. The van der Waals surface area contributed by atoms with E-state index in [2.05, 4.69) is 20.6 Å². The van der Waals surface area contributed by atoms with Gasteiger partial charge in [0.05, 0.1) is 5.75 Å². The molecule has 1 heterocycles. The van der Waals surface area contributed by atoms with Gasteiger partial charge in [-0.2, -0.15) is 0 Å². The van der Waals surface area contributed by atoms with Crippen molar-refractivity contribution < 1.29 is 9.59 Å². The number of carbonyl (C=O) groups is 2. The van der Waals surface area contributed by atoms with Crippen molar-refractivity contribution in [3.8, 4) is 0 Å². The molecule has 0 saturated heterocycles. The normalized spacial score (nSPS) is 11.7. The van der Waals surface area contributed by atoms with Crippen molar-refractivity contribution in [3.63, 3.8) is 0 Å². The summed E-state index contributed by atoms with van der Waals surface area (Å²) >= 11 is 1.05. The molecule has 7 nitrogen and oxygen atoms in total. The minimum Gasteiger partial charge on any atom is -0.335 e. The fourth-order valence-electron chi connectivity index (χ4n) is 1.08. The van der Waals surface area contributed by atoms with E-state index in [-0.39, 0.29) is 17.4 Å². The molecule has 104 valence electrons. The number of hydrogen-bond donors (Lipinski definition) is 3. The molecule has 1 aromatic heterocycles. The predicted octanol–water partition coefficient (Wildman–Crippen LogP) is 0.486. The van der Waals surface area contributed by atoms with Crippen molar-refractivity contribution in [2.24, 2.45) is 0 Å². The number of imide groups is 1. The summed E-state index contributed by atoms with van der Waals surface area (Å²) in [5.41, 5.74) is -0.285. The predicted molar refractivity (Wildman–Crippen MR) is 72.0 cm³/mol. The van der Waals surface area contributed by atoms with E-state index in [0.29, 0.717) is 5.16 Å². The maximum absolute atomic E-state index is 11.5. The molecule has 1 aromatic rings. The van der Waals surface area contributed by atoms with Gasteiger partial charge < -0.3 is 10.3 Å². The summed E-state index contributed by atoms with van der Waals surface area (Å²) in [6, 6.07) is 0.769. The lowest BCUT2D eigenvalue weighted by molar-refractivity contribution is -0.117. The number of aromatic amines is 1. The first-order chi connectivity index (χ1) is 9.01. The van der Waals surface area contributed by atoms with Crippen molar-refractivity contribution in [1.82, 2.24) is 20.6 Å². The molecule has 0 unspecified atom stereocenters. The first-order valence-corrected chi connectivity index (χ1v) is 6.78. The van der Waals surface area contributed by atoms with E-state index >= 15 is 0 Å². The number of carbonyl (C=O) groups excluding carboxylic acids is 2. The smallest absolute Gasteiger partial charge is 0.321 e. The highest BCUT2D eigenvalue weighted by Crippen LogP contribution is 2.08. The number of urea groups is 1. The van der Waals surface area contributed by atoms with Gasteiger partial charge in [0.1, 0.15) is 0 Å². The fourth-order valence-corrected chi connectivity index (χ4v) is 1.73. The van der Waals surface area contributed by atoms with Crippen LogP contribution in [0.5, 0.6) is 0 Å². The lowest BCUT2D eigenvalue weighted by Gasteiger charge is -2.11. The number of amides is 3. The van der Waals surface area contributed by atoms with Gasteiger partial charge in [-0.3, -0.25) is 14.9 Å². The molecule has 0 aliphatic carbocycles. The minimum atomic E-state index is -0.519. The molecule has 19 heavy (non-hydrogen) atoms. The SMILES string of the molecule is CC[C@H](C)NC(=O)NC(=O)CSc1nccc(=O)[nH]1. The highest BCUT2D eigenvalue weighted by atomic mass is 32.2. The lowest BCUT2D eigenvalue weighted by Crippen LogP contribution is -2.43. The number of rotatable bonds is 5. The Bertz CT molecular complexity index is 503. The van der Waals surface area contributed by atoms with Crippen LogP contribution in [0, 0.1) is 0 Å². The first-order valence-electron chi connectivity index (χ1n) is 5.79. The Labute approximate surface area is 114 Å². The highest BCUT2D eigenvalue weighted by Gasteiger charge is 2.10. The van der Waals surface area contributed by atoms with E-state index < -0.39 is 11.9 Å². The number of H-pyrrole nitrogens is 1. The summed E-state index contributed by atoms with van der Waals surface area (Å²) in [4.78, 5) is 40.2. The summed E-state index contributed by atoms with van der Waals surface area (Å²) in [6.07, 6.45) is 2.14. The number of aromatic nitrogens is 2. The van der Waals surface area contributed by atoms with Gasteiger partial charge in [-0.15, -0.1) is 0 Å². The summed E-state index contributed by atoms with van der Waals surface area (Å²) in [5.74, 6) is -0.446. The highest BCUT2D eigenvalue weighted by molar-refractivity contribution is 7.99. The van der Waals surface area contributed by atoms with Crippen LogP contribution >= 0.6 is 11.8 Å². The van der Waals surface area contributed by atoms with Crippen LogP contribution in [-0.2, 0) is 4.79 Å². The largest absolute Gasteiger partial charge is 0.335 e. The van der Waals surface area contributed by atoms with Crippen molar-refractivity contribution in [2.75, 3.05) is 5.75 Å². The van der Waals surface area contributed by atoms with Gasteiger partial charge in [-0.1, -0.05) is 18.7 Å². The summed E-state index contributed by atoms with van der Waals surface area (Å²) in [7, 11) is 0. The van der Waals surface area contributed by atoms with E-state index in [1.54, 1.807) is 0 Å². The maximum atomic E-state index is 11.5. The topological polar surface area (TPSA) is 104 Å². The standard InChI is InChI=1S/C11H16N4O3S/c1-3-7(2)13-10(18)14-9(17)6-19-11-12-5-4-8(16)15-11/h4-5,7H,3,6H2,1-2H3,(H,12,15,16)(H2,13,14,17,18)/t7-/m0/s1. The zero-order valence-electron chi connectivity index (χ0n) is 10.7. The van der Waals surface area contributed by atoms with Crippen molar-refractivity contribution in [1.29, 1.82) is 0 Å². The second-order valence-electron chi connectivity index (χ2n) is 3.86. The Balaban J connectivity index is 2.36. The molecular weight excluding hydrogens is 268 g/mol. The average Bonchev–Trinajstić information content (AvgIpc) is 2.36. The van der Waals surface area contributed by atoms with Crippen molar-refractivity contribution in [3.05, 3.63) is 22.6 Å². The molecule has 1 rings (SSSR count). The Morgan fingerprint density at radius 1 is 1.53 bits per heavy atom. The molecule has 1 atom stereocenters. The molecule has 0 fully saturated rings. The molecule has 0 spiro atoms. The van der Waals surface area contributed by atoms with Gasteiger partial charge in [0.25, 0.3) is 5.56 Å². The Morgan fingerprint density at radius 3 is 2.89 bits per heavy atom. The van der Waals surface area contributed by atoms with E-state index in [4.69, 9.17) is 0 Å². The molecule has 0 saturated carbocycles.